The third kappa shape index (κ3) is 3.02. The molecule has 0 amide bonds. The van der Waals surface area contributed by atoms with Crippen molar-refractivity contribution in [2.45, 2.75) is 19.5 Å². The highest BCUT2D eigenvalue weighted by Gasteiger charge is 2.18. The number of nitrogens with zero attached hydrogens (tertiary/aromatic N) is 1. The standard InChI is InChI=1S/C11H13BrFNO2/c1-7(11(15)16)14(2)6-8-9(12)4-3-5-10(8)13/h3-5,7H,6H2,1-2H3,(H,15,16). The van der Waals surface area contributed by atoms with Gasteiger partial charge in [-0.05, 0) is 26.1 Å². The second kappa shape index (κ2) is 5.41. The van der Waals surface area contributed by atoms with Crippen molar-refractivity contribution in [3.63, 3.8) is 0 Å². The number of benzene rings is 1. The molecule has 0 saturated heterocycles. The van der Waals surface area contributed by atoms with Crippen molar-refractivity contribution in [3.8, 4) is 0 Å². The monoisotopic (exact) mass is 289 g/mol. The first-order valence-corrected chi connectivity index (χ1v) is 5.58. The van der Waals surface area contributed by atoms with E-state index in [1.54, 1.807) is 31.0 Å². The molecule has 0 saturated carbocycles. The van der Waals surface area contributed by atoms with Gasteiger partial charge in [0, 0.05) is 16.6 Å². The van der Waals surface area contributed by atoms with Crippen molar-refractivity contribution in [1.29, 1.82) is 0 Å². The van der Waals surface area contributed by atoms with Crippen LogP contribution in [0.5, 0.6) is 0 Å². The Balaban J connectivity index is 2.84. The number of carboxylic acid groups (broad SMARTS) is 1. The number of halogens is 2. The molecule has 1 aromatic carbocycles. The minimum atomic E-state index is -0.921. The van der Waals surface area contributed by atoms with E-state index in [0.29, 0.717) is 10.0 Å². The predicted octanol–water partition coefficient (Wildman–Crippen LogP) is 2.49. The summed E-state index contributed by atoms with van der Waals surface area (Å²) in [6, 6.07) is 4.05. The van der Waals surface area contributed by atoms with Crippen molar-refractivity contribution < 1.29 is 14.3 Å². The fourth-order valence-corrected chi connectivity index (χ4v) is 1.73. The molecule has 1 aromatic rings. The summed E-state index contributed by atoms with van der Waals surface area (Å²) in [6.07, 6.45) is 0. The van der Waals surface area contributed by atoms with Gasteiger partial charge in [-0.15, -0.1) is 0 Å². The average Bonchev–Trinajstić information content (AvgIpc) is 2.22. The topological polar surface area (TPSA) is 40.5 Å². The van der Waals surface area contributed by atoms with E-state index in [4.69, 9.17) is 5.11 Å². The van der Waals surface area contributed by atoms with Gasteiger partial charge in [0.1, 0.15) is 11.9 Å². The Morgan fingerprint density at radius 1 is 1.62 bits per heavy atom. The highest BCUT2D eigenvalue weighted by Crippen LogP contribution is 2.21. The third-order valence-electron chi connectivity index (χ3n) is 2.49. The summed E-state index contributed by atoms with van der Waals surface area (Å²) >= 11 is 3.25. The molecule has 5 heteroatoms. The molecule has 0 heterocycles. The van der Waals surface area contributed by atoms with Crippen LogP contribution in [0.25, 0.3) is 0 Å². The Labute approximate surface area is 102 Å². The fraction of sp³-hybridized carbons (Fsp3) is 0.364. The Morgan fingerprint density at radius 3 is 2.75 bits per heavy atom. The van der Waals surface area contributed by atoms with Crippen LogP contribution in [0.3, 0.4) is 0 Å². The molecular weight excluding hydrogens is 277 g/mol. The van der Waals surface area contributed by atoms with Crippen LogP contribution in [-0.2, 0) is 11.3 Å². The minimum absolute atomic E-state index is 0.251. The van der Waals surface area contributed by atoms with E-state index in [0.717, 1.165) is 0 Å². The third-order valence-corrected chi connectivity index (χ3v) is 3.23. The Hall–Kier alpha value is -0.940. The van der Waals surface area contributed by atoms with Gasteiger partial charge in [0.05, 0.1) is 0 Å². The first-order chi connectivity index (χ1) is 7.43. The second-order valence-electron chi connectivity index (χ2n) is 3.63. The van der Waals surface area contributed by atoms with Gasteiger partial charge < -0.3 is 5.11 Å². The SMILES string of the molecule is CC(C(=O)O)N(C)Cc1c(F)cccc1Br. The quantitative estimate of drug-likeness (QED) is 0.926. The fourth-order valence-electron chi connectivity index (χ4n) is 1.26. The van der Waals surface area contributed by atoms with E-state index in [9.17, 15) is 9.18 Å². The summed E-state index contributed by atoms with van der Waals surface area (Å²) in [7, 11) is 1.65. The lowest BCUT2D eigenvalue weighted by Gasteiger charge is -2.21. The normalized spacial score (nSPS) is 12.8. The molecule has 16 heavy (non-hydrogen) atoms. The molecule has 0 aliphatic carbocycles. The zero-order chi connectivity index (χ0) is 12.3. The zero-order valence-corrected chi connectivity index (χ0v) is 10.7. The Kier molecular flexibility index (Phi) is 4.44. The van der Waals surface area contributed by atoms with Crippen molar-refractivity contribution in [2.24, 2.45) is 0 Å². The average molecular weight is 290 g/mol. The van der Waals surface area contributed by atoms with E-state index >= 15 is 0 Å². The lowest BCUT2D eigenvalue weighted by atomic mass is 10.2. The van der Waals surface area contributed by atoms with Gasteiger partial charge in [-0.2, -0.15) is 0 Å². The maximum atomic E-state index is 13.5. The molecule has 0 aliphatic heterocycles. The second-order valence-corrected chi connectivity index (χ2v) is 4.48. The van der Waals surface area contributed by atoms with Gasteiger partial charge in [-0.3, -0.25) is 9.69 Å². The molecule has 1 unspecified atom stereocenters. The number of hydrogen-bond donors (Lipinski definition) is 1. The van der Waals surface area contributed by atoms with E-state index in [-0.39, 0.29) is 12.4 Å². The van der Waals surface area contributed by atoms with E-state index < -0.39 is 12.0 Å². The molecule has 1 atom stereocenters. The number of carbonyl (C=O) groups is 1. The maximum Gasteiger partial charge on any atom is 0.320 e. The molecule has 0 bridgehead atoms. The first-order valence-electron chi connectivity index (χ1n) is 4.79. The Morgan fingerprint density at radius 2 is 2.25 bits per heavy atom. The number of carboxylic acids is 1. The van der Waals surface area contributed by atoms with Crippen molar-refractivity contribution >= 4 is 21.9 Å². The number of aliphatic carboxylic acids is 1. The lowest BCUT2D eigenvalue weighted by Crippen LogP contribution is -2.35. The van der Waals surface area contributed by atoms with Gasteiger partial charge in [0.15, 0.2) is 0 Å². The zero-order valence-electron chi connectivity index (χ0n) is 9.08. The molecule has 3 nitrogen and oxygen atoms in total. The lowest BCUT2D eigenvalue weighted by molar-refractivity contribution is -0.142. The van der Waals surface area contributed by atoms with Gasteiger partial charge in [0.25, 0.3) is 0 Å². The van der Waals surface area contributed by atoms with E-state index in [1.165, 1.54) is 6.07 Å². The number of rotatable bonds is 4. The molecule has 88 valence electrons. The van der Waals surface area contributed by atoms with Crippen LogP contribution >= 0.6 is 15.9 Å². The predicted molar refractivity (Wildman–Crippen MR) is 62.7 cm³/mol. The molecule has 0 aromatic heterocycles. The molecule has 1 N–H and O–H groups in total. The maximum absolute atomic E-state index is 13.5. The van der Waals surface area contributed by atoms with Crippen molar-refractivity contribution in [2.75, 3.05) is 7.05 Å². The Bertz CT molecular complexity index is 377. The van der Waals surface area contributed by atoms with Crippen LogP contribution in [-0.4, -0.2) is 29.1 Å². The number of likely N-dealkylation sites (N-methyl/N-ethyl adjacent to an activating group) is 1. The van der Waals surface area contributed by atoms with Crippen molar-refractivity contribution in [3.05, 3.63) is 34.1 Å². The van der Waals surface area contributed by atoms with E-state index in [1.807, 2.05) is 0 Å². The molecule has 0 aliphatic rings. The summed E-state index contributed by atoms with van der Waals surface area (Å²) in [5, 5.41) is 8.82. The summed E-state index contributed by atoms with van der Waals surface area (Å²) in [5.41, 5.74) is 0.470. The highest BCUT2D eigenvalue weighted by molar-refractivity contribution is 9.10. The highest BCUT2D eigenvalue weighted by atomic mass is 79.9. The van der Waals surface area contributed by atoms with Crippen LogP contribution in [0.2, 0.25) is 0 Å². The van der Waals surface area contributed by atoms with Gasteiger partial charge in [-0.25, -0.2) is 4.39 Å². The molecule has 1 rings (SSSR count). The van der Waals surface area contributed by atoms with Crippen molar-refractivity contribution in [1.82, 2.24) is 4.90 Å². The first kappa shape index (κ1) is 13.1. The van der Waals surface area contributed by atoms with Crippen LogP contribution in [0, 0.1) is 5.82 Å². The van der Waals surface area contributed by atoms with Gasteiger partial charge in [0.2, 0.25) is 0 Å². The molecule has 0 fully saturated rings. The molecule has 0 radical (unpaired) electrons. The summed E-state index contributed by atoms with van der Waals surface area (Å²) in [6.45, 7) is 1.82. The number of hydrogen-bond acceptors (Lipinski definition) is 2. The van der Waals surface area contributed by atoms with Gasteiger partial charge in [-0.1, -0.05) is 22.0 Å². The van der Waals surface area contributed by atoms with Crippen LogP contribution in [0.4, 0.5) is 4.39 Å². The summed E-state index contributed by atoms with van der Waals surface area (Å²) in [5.74, 6) is -1.26. The minimum Gasteiger partial charge on any atom is -0.480 e. The molecular formula is C11H13BrFNO2. The largest absolute Gasteiger partial charge is 0.480 e. The summed E-state index contributed by atoms with van der Waals surface area (Å²) < 4.78 is 14.1. The van der Waals surface area contributed by atoms with Gasteiger partial charge >= 0.3 is 5.97 Å². The smallest absolute Gasteiger partial charge is 0.320 e. The van der Waals surface area contributed by atoms with Crippen LogP contribution < -0.4 is 0 Å². The van der Waals surface area contributed by atoms with Crippen LogP contribution in [0.1, 0.15) is 12.5 Å². The van der Waals surface area contributed by atoms with Crippen LogP contribution in [0.15, 0.2) is 22.7 Å². The van der Waals surface area contributed by atoms with E-state index in [2.05, 4.69) is 15.9 Å². The molecule has 0 spiro atoms. The summed E-state index contributed by atoms with van der Waals surface area (Å²) in [4.78, 5) is 12.3.